The predicted molar refractivity (Wildman–Crippen MR) is 85.0 cm³/mol. The van der Waals surface area contributed by atoms with Gasteiger partial charge in [-0.3, -0.25) is 29.0 Å². The smallest absolute Gasteiger partial charge is 0.319 e. The van der Waals surface area contributed by atoms with E-state index in [1.54, 1.807) is 9.80 Å². The summed E-state index contributed by atoms with van der Waals surface area (Å²) >= 11 is 0. The highest BCUT2D eigenvalue weighted by Crippen LogP contribution is 1.96. The van der Waals surface area contributed by atoms with Gasteiger partial charge in [0.25, 0.3) is 0 Å². The van der Waals surface area contributed by atoms with Crippen LogP contribution in [0.2, 0.25) is 0 Å². The molecule has 138 valence electrons. The first-order chi connectivity index (χ1) is 11.4. The topological polar surface area (TPSA) is 117 Å². The second kappa shape index (κ2) is 12.3. The zero-order chi connectivity index (χ0) is 18.5. The number of ether oxygens (including phenoxy) is 2. The van der Waals surface area contributed by atoms with Gasteiger partial charge in [0.05, 0.1) is 40.4 Å². The highest BCUT2D eigenvalue weighted by Gasteiger charge is 2.18. The Hall–Kier alpha value is -2.20. The Kier molecular flexibility index (Phi) is 11.1. The molecule has 10 nitrogen and oxygen atoms in total. The average molecular weight is 346 g/mol. The van der Waals surface area contributed by atoms with Gasteiger partial charge in [0.2, 0.25) is 11.8 Å². The van der Waals surface area contributed by atoms with Gasteiger partial charge in [0.1, 0.15) is 0 Å². The Balaban J connectivity index is 4.78. The van der Waals surface area contributed by atoms with Crippen LogP contribution in [-0.4, -0.2) is 101 Å². The fourth-order valence-corrected chi connectivity index (χ4v) is 1.77. The normalized spacial score (nSPS) is 10.4. The van der Waals surface area contributed by atoms with Crippen molar-refractivity contribution in [1.82, 2.24) is 20.4 Å². The van der Waals surface area contributed by atoms with Crippen LogP contribution in [0.15, 0.2) is 0 Å². The first kappa shape index (κ1) is 21.8. The Morgan fingerprint density at radius 2 is 1.04 bits per heavy atom. The molecule has 0 aromatic carbocycles. The minimum atomic E-state index is -0.482. The number of nitrogens with one attached hydrogen (secondary N) is 2. The summed E-state index contributed by atoms with van der Waals surface area (Å²) in [6.45, 7) is 0.425. The molecule has 0 atom stereocenters. The fraction of sp³-hybridized carbons (Fsp3) is 0.714. The van der Waals surface area contributed by atoms with Crippen LogP contribution < -0.4 is 10.6 Å². The second-order valence-electron chi connectivity index (χ2n) is 4.92. The molecular weight excluding hydrogens is 320 g/mol. The summed E-state index contributed by atoms with van der Waals surface area (Å²) in [5.74, 6) is -1.48. The van der Waals surface area contributed by atoms with Gasteiger partial charge in [-0.15, -0.1) is 0 Å². The number of esters is 2. The molecule has 0 unspecified atom stereocenters. The van der Waals surface area contributed by atoms with E-state index >= 15 is 0 Å². The maximum absolute atomic E-state index is 11.5. The number of likely N-dealkylation sites (N-methyl/N-ethyl adjacent to an activating group) is 2. The summed E-state index contributed by atoms with van der Waals surface area (Å²) in [5, 5.41) is 4.94. The zero-order valence-electron chi connectivity index (χ0n) is 14.6. The van der Waals surface area contributed by atoms with Crippen LogP contribution in [0.1, 0.15) is 0 Å². The van der Waals surface area contributed by atoms with Gasteiger partial charge in [-0.1, -0.05) is 0 Å². The fourth-order valence-electron chi connectivity index (χ4n) is 1.77. The quantitative estimate of drug-likeness (QED) is 0.392. The van der Waals surface area contributed by atoms with Gasteiger partial charge < -0.3 is 20.1 Å². The van der Waals surface area contributed by atoms with Gasteiger partial charge in [-0.2, -0.15) is 0 Å². The Labute approximate surface area is 141 Å². The third-order valence-corrected chi connectivity index (χ3v) is 3.19. The van der Waals surface area contributed by atoms with Gasteiger partial charge in [-0.05, 0) is 0 Å². The van der Waals surface area contributed by atoms with Crippen molar-refractivity contribution < 1.29 is 28.7 Å². The molecule has 0 aliphatic carbocycles. The van der Waals surface area contributed by atoms with Crippen molar-refractivity contribution >= 4 is 23.8 Å². The maximum Gasteiger partial charge on any atom is 0.319 e. The summed E-state index contributed by atoms with van der Waals surface area (Å²) in [5.41, 5.74) is 0. The van der Waals surface area contributed by atoms with Crippen molar-refractivity contribution in [2.75, 3.05) is 67.6 Å². The lowest BCUT2D eigenvalue weighted by atomic mass is 10.3. The second-order valence-corrected chi connectivity index (χ2v) is 4.92. The molecule has 0 bridgehead atoms. The summed E-state index contributed by atoms with van der Waals surface area (Å²) in [7, 11) is 5.51. The number of rotatable bonds is 11. The Morgan fingerprint density at radius 1 is 0.708 bits per heavy atom. The zero-order valence-corrected chi connectivity index (χ0v) is 14.6. The molecule has 0 aliphatic heterocycles. The van der Waals surface area contributed by atoms with Crippen LogP contribution >= 0.6 is 0 Å². The van der Waals surface area contributed by atoms with Crippen molar-refractivity contribution in [3.05, 3.63) is 0 Å². The molecule has 0 saturated carbocycles. The molecular formula is C14H26N4O6. The molecule has 0 saturated heterocycles. The molecule has 2 amide bonds. The number of hydrogen-bond donors (Lipinski definition) is 2. The van der Waals surface area contributed by atoms with Gasteiger partial charge >= 0.3 is 11.9 Å². The lowest BCUT2D eigenvalue weighted by molar-refractivity contribution is -0.144. The number of carbonyl (C=O) groups excluding carboxylic acids is 4. The monoisotopic (exact) mass is 346 g/mol. The molecule has 0 spiro atoms. The van der Waals surface area contributed by atoms with Crippen LogP contribution in [0.4, 0.5) is 0 Å². The number of amides is 2. The molecule has 0 aromatic rings. The maximum atomic E-state index is 11.5. The molecule has 2 N–H and O–H groups in total. The van der Waals surface area contributed by atoms with E-state index in [-0.39, 0.29) is 51.1 Å². The molecule has 0 fully saturated rings. The van der Waals surface area contributed by atoms with E-state index in [1.807, 2.05) is 0 Å². The van der Waals surface area contributed by atoms with Crippen molar-refractivity contribution in [3.63, 3.8) is 0 Å². The molecule has 0 heterocycles. The average Bonchev–Trinajstić information content (AvgIpc) is 2.58. The lowest BCUT2D eigenvalue weighted by Crippen LogP contribution is -2.46. The lowest BCUT2D eigenvalue weighted by Gasteiger charge is -2.25. The van der Waals surface area contributed by atoms with Crippen molar-refractivity contribution in [3.8, 4) is 0 Å². The summed E-state index contributed by atoms with van der Waals surface area (Å²) in [4.78, 5) is 49.1. The SMILES string of the molecule is CNC(=O)CN(CCN(CC(=O)NC)CC(=O)OC)CC(=O)OC. The van der Waals surface area contributed by atoms with Crippen molar-refractivity contribution in [2.24, 2.45) is 0 Å². The largest absolute Gasteiger partial charge is 0.468 e. The molecule has 0 aromatic heterocycles. The summed E-state index contributed by atoms with van der Waals surface area (Å²) in [6, 6.07) is 0. The molecule has 0 rings (SSSR count). The van der Waals surface area contributed by atoms with E-state index in [1.165, 1.54) is 28.3 Å². The Morgan fingerprint density at radius 3 is 1.29 bits per heavy atom. The van der Waals surface area contributed by atoms with Crippen LogP contribution in [0.5, 0.6) is 0 Å². The van der Waals surface area contributed by atoms with Crippen LogP contribution in [-0.2, 0) is 28.7 Å². The number of carbonyl (C=O) groups is 4. The van der Waals surface area contributed by atoms with Gasteiger partial charge in [0, 0.05) is 27.2 Å². The molecule has 0 radical (unpaired) electrons. The Bertz CT molecular complexity index is 367. The van der Waals surface area contributed by atoms with E-state index in [0.717, 1.165) is 0 Å². The van der Waals surface area contributed by atoms with E-state index in [4.69, 9.17) is 0 Å². The van der Waals surface area contributed by atoms with Crippen LogP contribution in [0, 0.1) is 0 Å². The number of hydrogen-bond acceptors (Lipinski definition) is 8. The van der Waals surface area contributed by atoms with Gasteiger partial charge in [0.15, 0.2) is 0 Å². The first-order valence-electron chi connectivity index (χ1n) is 7.35. The molecule has 0 aliphatic rings. The molecule has 24 heavy (non-hydrogen) atoms. The minimum absolute atomic E-state index is 0.00234. The van der Waals surface area contributed by atoms with E-state index in [0.29, 0.717) is 0 Å². The van der Waals surface area contributed by atoms with Crippen molar-refractivity contribution in [2.45, 2.75) is 0 Å². The highest BCUT2D eigenvalue weighted by atomic mass is 16.5. The van der Waals surface area contributed by atoms with Crippen LogP contribution in [0.25, 0.3) is 0 Å². The predicted octanol–water partition coefficient (Wildman–Crippen LogP) is -2.57. The minimum Gasteiger partial charge on any atom is -0.468 e. The van der Waals surface area contributed by atoms with E-state index in [9.17, 15) is 19.2 Å². The summed E-state index contributed by atoms with van der Waals surface area (Å²) in [6.07, 6.45) is 0. The summed E-state index contributed by atoms with van der Waals surface area (Å²) < 4.78 is 9.20. The van der Waals surface area contributed by atoms with Crippen LogP contribution in [0.3, 0.4) is 0 Å². The molecule has 10 heteroatoms. The number of nitrogens with zero attached hydrogens (tertiary/aromatic N) is 2. The third-order valence-electron chi connectivity index (χ3n) is 3.19. The highest BCUT2D eigenvalue weighted by molar-refractivity contribution is 5.79. The van der Waals surface area contributed by atoms with E-state index in [2.05, 4.69) is 20.1 Å². The standard InChI is InChI=1S/C14H26N4O6/c1-15-11(19)7-17(9-13(21)23-3)5-6-18(8-12(20)16-2)10-14(22)24-4/h5-10H2,1-4H3,(H,15,19)(H,16,20). The van der Waals surface area contributed by atoms with Gasteiger partial charge in [-0.25, -0.2) is 0 Å². The third kappa shape index (κ3) is 9.74. The number of methoxy groups -OCH3 is 2. The van der Waals surface area contributed by atoms with Crippen molar-refractivity contribution in [1.29, 1.82) is 0 Å². The first-order valence-corrected chi connectivity index (χ1v) is 7.35. The van der Waals surface area contributed by atoms with E-state index < -0.39 is 11.9 Å².